The summed E-state index contributed by atoms with van der Waals surface area (Å²) in [5, 5.41) is 6.39. The van der Waals surface area contributed by atoms with E-state index in [-0.39, 0.29) is 18.9 Å². The Kier molecular flexibility index (Phi) is 5.36. The first kappa shape index (κ1) is 18.6. The van der Waals surface area contributed by atoms with Gasteiger partial charge in [0.05, 0.1) is 10.9 Å². The molecule has 138 valence electrons. The molecule has 0 radical (unpaired) electrons. The number of nitrogens with zero attached hydrogens (tertiary/aromatic N) is 3. The number of hydrogen-bond acceptors (Lipinski definition) is 5. The van der Waals surface area contributed by atoms with E-state index in [1.165, 1.54) is 16.2 Å². The summed E-state index contributed by atoms with van der Waals surface area (Å²) in [4.78, 5) is 14.8. The Morgan fingerprint density at radius 2 is 2.20 bits per heavy atom. The van der Waals surface area contributed by atoms with Crippen molar-refractivity contribution in [1.29, 1.82) is 0 Å². The van der Waals surface area contributed by atoms with Gasteiger partial charge in [-0.2, -0.15) is 13.2 Å². The molecule has 0 N–H and O–H groups in total. The van der Waals surface area contributed by atoms with Crippen LogP contribution in [0.25, 0.3) is 0 Å². The molecule has 0 aliphatic carbocycles. The number of alkyl halides is 3. The monoisotopic (exact) mass is 395 g/mol. The van der Waals surface area contributed by atoms with E-state index in [4.69, 9.17) is 16.3 Å². The van der Waals surface area contributed by atoms with Crippen molar-refractivity contribution in [1.82, 2.24) is 4.90 Å². The van der Waals surface area contributed by atoms with Crippen LogP contribution in [0.15, 0.2) is 22.4 Å². The number of likely N-dealkylation sites (tertiary alicyclic amines) is 1. The highest BCUT2D eigenvalue weighted by Gasteiger charge is 2.64. The zero-order chi connectivity index (χ0) is 18.1. The third-order valence-corrected chi connectivity index (χ3v) is 5.65. The van der Waals surface area contributed by atoms with Gasteiger partial charge in [-0.15, -0.1) is 21.6 Å². The molecule has 1 aromatic rings. The molecular formula is C15H17ClF3N3O2S. The lowest BCUT2D eigenvalue weighted by atomic mass is 10.0. The number of thiophene rings is 1. The number of halogens is 4. The molecule has 5 nitrogen and oxygen atoms in total. The summed E-state index contributed by atoms with van der Waals surface area (Å²) in [6, 6.07) is 3.20. The summed E-state index contributed by atoms with van der Waals surface area (Å²) in [6.07, 6.45) is -2.94. The van der Waals surface area contributed by atoms with Gasteiger partial charge in [-0.25, -0.2) is 0 Å². The molecule has 0 spiro atoms. The van der Waals surface area contributed by atoms with Gasteiger partial charge in [0.15, 0.2) is 0 Å². The molecule has 25 heavy (non-hydrogen) atoms. The summed E-state index contributed by atoms with van der Waals surface area (Å²) >= 11 is 7.29. The number of ether oxygens (including phenoxy) is 1. The summed E-state index contributed by atoms with van der Waals surface area (Å²) in [5.41, 5.74) is -2.31. The lowest BCUT2D eigenvalue weighted by Crippen LogP contribution is -2.44. The van der Waals surface area contributed by atoms with Crippen molar-refractivity contribution in [2.45, 2.75) is 43.6 Å². The second kappa shape index (κ2) is 7.20. The van der Waals surface area contributed by atoms with Gasteiger partial charge in [0.25, 0.3) is 5.66 Å². The van der Waals surface area contributed by atoms with Gasteiger partial charge in [-0.1, -0.05) is 11.6 Å². The summed E-state index contributed by atoms with van der Waals surface area (Å²) in [6.45, 7) is 0.669. The second-order valence-corrected chi connectivity index (χ2v) is 7.91. The van der Waals surface area contributed by atoms with E-state index in [1.54, 1.807) is 6.07 Å². The zero-order valence-corrected chi connectivity index (χ0v) is 14.8. The summed E-state index contributed by atoms with van der Waals surface area (Å²) in [5.74, 6) is -0.287. The van der Waals surface area contributed by atoms with Crippen molar-refractivity contribution in [3.05, 3.63) is 21.3 Å². The molecule has 3 rings (SSSR count). The third kappa shape index (κ3) is 4.32. The fourth-order valence-electron chi connectivity index (χ4n) is 2.98. The Morgan fingerprint density at radius 1 is 1.44 bits per heavy atom. The van der Waals surface area contributed by atoms with Crippen LogP contribution in [0.4, 0.5) is 13.2 Å². The van der Waals surface area contributed by atoms with Crippen LogP contribution in [0, 0.1) is 0 Å². The van der Waals surface area contributed by atoms with Gasteiger partial charge in [-0.05, 0) is 25.0 Å². The highest BCUT2D eigenvalue weighted by atomic mass is 35.5. The maximum atomic E-state index is 13.0. The average Bonchev–Trinajstić information content (AvgIpc) is 2.99. The molecule has 1 unspecified atom stereocenters. The fourth-order valence-corrected chi connectivity index (χ4v) is 4.05. The minimum absolute atomic E-state index is 0.136. The number of hydrogen-bond donors (Lipinski definition) is 0. The highest BCUT2D eigenvalue weighted by Crippen LogP contribution is 2.48. The third-order valence-electron chi connectivity index (χ3n) is 4.36. The standard InChI is InChI=1S/C15H17ClF3N3O2S/c16-12-4-3-11(25-12)5-7-24-9-13(23)22-6-1-2-10(22)8-14(20-21-14)15(17,18)19/h3-4,10H,1-2,5-9H2. The smallest absolute Gasteiger partial charge is 0.371 e. The Hall–Kier alpha value is -1.19. The van der Waals surface area contributed by atoms with Gasteiger partial charge in [0, 0.05) is 30.3 Å². The largest absolute Gasteiger partial charge is 0.437 e. The molecule has 1 amide bonds. The highest BCUT2D eigenvalue weighted by molar-refractivity contribution is 7.16. The molecule has 0 saturated carbocycles. The van der Waals surface area contributed by atoms with Crippen LogP contribution in [-0.2, 0) is 16.0 Å². The lowest BCUT2D eigenvalue weighted by molar-refractivity contribution is -0.169. The molecule has 3 heterocycles. The molecule has 0 aromatic carbocycles. The first-order valence-corrected chi connectivity index (χ1v) is 9.12. The van der Waals surface area contributed by atoms with E-state index in [0.29, 0.717) is 36.8 Å². The average molecular weight is 396 g/mol. The second-order valence-electron chi connectivity index (χ2n) is 6.11. The SMILES string of the molecule is O=C(COCCc1ccc(Cl)s1)N1CCCC1CC1(C(F)(F)F)N=N1. The lowest BCUT2D eigenvalue weighted by Gasteiger charge is -2.27. The molecule has 0 bridgehead atoms. The van der Waals surface area contributed by atoms with E-state index >= 15 is 0 Å². The molecule has 1 saturated heterocycles. The molecule has 1 fully saturated rings. The topological polar surface area (TPSA) is 54.3 Å². The maximum Gasteiger partial charge on any atom is 0.437 e. The van der Waals surface area contributed by atoms with Gasteiger partial charge in [0.2, 0.25) is 5.91 Å². The molecule has 1 aromatic heterocycles. The number of rotatable bonds is 7. The van der Waals surface area contributed by atoms with Crippen molar-refractivity contribution in [2.24, 2.45) is 10.2 Å². The van der Waals surface area contributed by atoms with Gasteiger partial charge >= 0.3 is 6.18 Å². The van der Waals surface area contributed by atoms with Crippen LogP contribution in [0.5, 0.6) is 0 Å². The zero-order valence-electron chi connectivity index (χ0n) is 13.3. The maximum absolute atomic E-state index is 13.0. The van der Waals surface area contributed by atoms with Gasteiger partial charge in [-0.3, -0.25) is 4.79 Å². The predicted octanol–water partition coefficient (Wildman–Crippen LogP) is 4.07. The van der Waals surface area contributed by atoms with Crippen molar-refractivity contribution >= 4 is 28.8 Å². The normalized spacial score (nSPS) is 21.8. The van der Waals surface area contributed by atoms with Crippen molar-refractivity contribution in [2.75, 3.05) is 19.8 Å². The Labute approximate surface area is 151 Å². The molecule has 1 atom stereocenters. The first-order valence-electron chi connectivity index (χ1n) is 7.93. The minimum Gasteiger partial charge on any atom is -0.371 e. The Balaban J connectivity index is 1.44. The predicted molar refractivity (Wildman–Crippen MR) is 86.8 cm³/mol. The van der Waals surface area contributed by atoms with Gasteiger partial charge in [0.1, 0.15) is 6.61 Å². The quantitative estimate of drug-likeness (QED) is 0.653. The van der Waals surface area contributed by atoms with Crippen LogP contribution in [0.3, 0.4) is 0 Å². The van der Waals surface area contributed by atoms with Gasteiger partial charge < -0.3 is 9.64 Å². The Bertz CT molecular complexity index is 659. The minimum atomic E-state index is -4.50. The van der Waals surface area contributed by atoms with E-state index < -0.39 is 17.9 Å². The summed E-state index contributed by atoms with van der Waals surface area (Å²) in [7, 11) is 0. The van der Waals surface area contributed by atoms with E-state index in [2.05, 4.69) is 10.2 Å². The van der Waals surface area contributed by atoms with Crippen LogP contribution in [0.1, 0.15) is 24.1 Å². The van der Waals surface area contributed by atoms with Crippen LogP contribution >= 0.6 is 22.9 Å². The first-order chi connectivity index (χ1) is 11.8. The molecule has 2 aliphatic rings. The number of amides is 1. The number of carbonyl (C=O) groups excluding carboxylic acids is 1. The van der Waals surface area contributed by atoms with Crippen LogP contribution in [-0.4, -0.2) is 48.4 Å². The van der Waals surface area contributed by atoms with Crippen molar-refractivity contribution in [3.8, 4) is 0 Å². The van der Waals surface area contributed by atoms with Crippen LogP contribution < -0.4 is 0 Å². The fraction of sp³-hybridized carbons (Fsp3) is 0.667. The van der Waals surface area contributed by atoms with Crippen molar-refractivity contribution in [3.63, 3.8) is 0 Å². The van der Waals surface area contributed by atoms with E-state index in [9.17, 15) is 18.0 Å². The van der Waals surface area contributed by atoms with Crippen LogP contribution in [0.2, 0.25) is 4.34 Å². The molecule has 2 aliphatic heterocycles. The Morgan fingerprint density at radius 3 is 2.80 bits per heavy atom. The van der Waals surface area contributed by atoms with E-state index in [1.807, 2.05) is 6.07 Å². The molecular weight excluding hydrogens is 379 g/mol. The molecule has 10 heteroatoms. The summed E-state index contributed by atoms with van der Waals surface area (Å²) < 4.78 is 45.0. The van der Waals surface area contributed by atoms with E-state index in [0.717, 1.165) is 4.88 Å². The number of carbonyl (C=O) groups is 1. The van der Waals surface area contributed by atoms with Crippen molar-refractivity contribution < 1.29 is 22.7 Å².